The van der Waals surface area contributed by atoms with Crippen LogP contribution in [-0.2, 0) is 0 Å². The van der Waals surface area contributed by atoms with Gasteiger partial charge in [-0.05, 0) is 23.5 Å². The first-order valence-corrected chi connectivity index (χ1v) is 5.41. The molecule has 1 aromatic rings. The lowest BCUT2D eigenvalue weighted by Crippen LogP contribution is -2.31. The van der Waals surface area contributed by atoms with Gasteiger partial charge in [-0.1, -0.05) is 20.8 Å². The summed E-state index contributed by atoms with van der Waals surface area (Å²) in [6.45, 7) is 6.56. The van der Waals surface area contributed by atoms with Gasteiger partial charge in [0.25, 0.3) is 0 Å². The summed E-state index contributed by atoms with van der Waals surface area (Å²) < 4.78 is 5.15. The zero-order chi connectivity index (χ0) is 12.2. The van der Waals surface area contributed by atoms with E-state index in [0.29, 0.717) is 0 Å². The summed E-state index contributed by atoms with van der Waals surface area (Å²) in [6, 6.07) is 2.06. The fourth-order valence-corrected chi connectivity index (χ4v) is 1.62. The normalized spacial score (nSPS) is 13.6. The monoisotopic (exact) mass is 223 g/mol. The number of hydrazine groups is 1. The standard InChI is InChI=1S/C12H21N3O/c1-12(2,3)6-11(15-13)9-5-10(16-4)8-14-7-9/h5,7-8,11,15H,6,13H2,1-4H3. The zero-order valence-electron chi connectivity index (χ0n) is 10.4. The van der Waals surface area contributed by atoms with Gasteiger partial charge >= 0.3 is 0 Å². The topological polar surface area (TPSA) is 60.2 Å². The molecular formula is C12H21N3O. The van der Waals surface area contributed by atoms with Gasteiger partial charge in [0.1, 0.15) is 5.75 Å². The van der Waals surface area contributed by atoms with Crippen molar-refractivity contribution >= 4 is 0 Å². The molecule has 16 heavy (non-hydrogen) atoms. The van der Waals surface area contributed by atoms with Crippen molar-refractivity contribution in [3.8, 4) is 5.75 Å². The number of pyridine rings is 1. The summed E-state index contributed by atoms with van der Waals surface area (Å²) in [5, 5.41) is 0. The summed E-state index contributed by atoms with van der Waals surface area (Å²) in [5.41, 5.74) is 4.09. The number of hydrogen-bond donors (Lipinski definition) is 2. The Morgan fingerprint density at radius 2 is 2.12 bits per heavy atom. The molecule has 1 rings (SSSR count). The van der Waals surface area contributed by atoms with Crippen molar-refractivity contribution in [1.29, 1.82) is 0 Å². The number of nitrogens with one attached hydrogen (secondary N) is 1. The van der Waals surface area contributed by atoms with Crippen LogP contribution in [0.25, 0.3) is 0 Å². The van der Waals surface area contributed by atoms with Gasteiger partial charge in [-0.15, -0.1) is 0 Å². The van der Waals surface area contributed by atoms with Gasteiger partial charge in [0.15, 0.2) is 0 Å². The van der Waals surface area contributed by atoms with Crippen molar-refractivity contribution < 1.29 is 4.74 Å². The second-order valence-corrected chi connectivity index (χ2v) is 5.14. The van der Waals surface area contributed by atoms with E-state index >= 15 is 0 Å². The maximum absolute atomic E-state index is 5.58. The highest BCUT2D eigenvalue weighted by Crippen LogP contribution is 2.29. The molecule has 0 amide bonds. The smallest absolute Gasteiger partial charge is 0.137 e. The molecule has 1 atom stereocenters. The molecule has 4 nitrogen and oxygen atoms in total. The number of nitrogens with two attached hydrogens (primary N) is 1. The minimum absolute atomic E-state index is 0.0996. The number of aromatic nitrogens is 1. The molecule has 1 unspecified atom stereocenters. The highest BCUT2D eigenvalue weighted by Gasteiger charge is 2.19. The van der Waals surface area contributed by atoms with E-state index in [4.69, 9.17) is 10.6 Å². The summed E-state index contributed by atoms with van der Waals surface area (Å²) >= 11 is 0. The lowest BCUT2D eigenvalue weighted by molar-refractivity contribution is 0.312. The van der Waals surface area contributed by atoms with Crippen LogP contribution in [0.4, 0.5) is 0 Å². The Morgan fingerprint density at radius 1 is 1.44 bits per heavy atom. The highest BCUT2D eigenvalue weighted by atomic mass is 16.5. The molecule has 0 bridgehead atoms. The molecule has 0 saturated heterocycles. The second-order valence-electron chi connectivity index (χ2n) is 5.14. The van der Waals surface area contributed by atoms with E-state index in [1.54, 1.807) is 13.3 Å². The van der Waals surface area contributed by atoms with E-state index in [2.05, 4.69) is 31.2 Å². The minimum Gasteiger partial charge on any atom is -0.495 e. The van der Waals surface area contributed by atoms with Crippen molar-refractivity contribution in [1.82, 2.24) is 10.4 Å². The molecule has 90 valence electrons. The largest absolute Gasteiger partial charge is 0.495 e. The molecule has 1 aromatic heterocycles. The van der Waals surface area contributed by atoms with Crippen LogP contribution in [0.3, 0.4) is 0 Å². The van der Waals surface area contributed by atoms with E-state index in [1.807, 2.05) is 12.3 Å². The molecule has 3 N–H and O–H groups in total. The van der Waals surface area contributed by atoms with Crippen molar-refractivity contribution in [2.24, 2.45) is 11.3 Å². The van der Waals surface area contributed by atoms with E-state index < -0.39 is 0 Å². The van der Waals surface area contributed by atoms with Gasteiger partial charge in [-0.2, -0.15) is 0 Å². The van der Waals surface area contributed by atoms with Crippen molar-refractivity contribution in [3.63, 3.8) is 0 Å². The maximum atomic E-state index is 5.58. The summed E-state index contributed by atoms with van der Waals surface area (Å²) in [4.78, 5) is 4.13. The van der Waals surface area contributed by atoms with Crippen LogP contribution in [0.15, 0.2) is 18.5 Å². The quantitative estimate of drug-likeness (QED) is 0.605. The molecule has 0 aliphatic heterocycles. The Labute approximate surface area is 97.2 Å². The Kier molecular flexibility index (Phi) is 4.26. The third-order valence-corrected chi connectivity index (χ3v) is 2.39. The van der Waals surface area contributed by atoms with Crippen LogP contribution in [0, 0.1) is 5.41 Å². The molecule has 0 spiro atoms. The molecule has 4 heteroatoms. The molecule has 0 aliphatic rings. The van der Waals surface area contributed by atoms with Crippen LogP contribution >= 0.6 is 0 Å². The lowest BCUT2D eigenvalue weighted by atomic mass is 9.86. The number of hydrogen-bond acceptors (Lipinski definition) is 4. The Bertz CT molecular complexity index is 333. The molecule has 0 saturated carbocycles. The molecule has 1 heterocycles. The number of ether oxygens (including phenoxy) is 1. The average molecular weight is 223 g/mol. The molecule has 0 fully saturated rings. The maximum Gasteiger partial charge on any atom is 0.137 e. The predicted octanol–water partition coefficient (Wildman–Crippen LogP) is 2.03. The van der Waals surface area contributed by atoms with E-state index in [-0.39, 0.29) is 11.5 Å². The first-order valence-electron chi connectivity index (χ1n) is 5.41. The molecular weight excluding hydrogens is 202 g/mol. The van der Waals surface area contributed by atoms with Gasteiger partial charge in [0.05, 0.1) is 13.3 Å². The Balaban J connectivity index is 2.86. The third-order valence-electron chi connectivity index (χ3n) is 2.39. The summed E-state index contributed by atoms with van der Waals surface area (Å²) in [7, 11) is 1.63. The van der Waals surface area contributed by atoms with E-state index in [1.165, 1.54) is 0 Å². The van der Waals surface area contributed by atoms with Crippen molar-refractivity contribution in [2.45, 2.75) is 33.2 Å². The van der Waals surface area contributed by atoms with Crippen LogP contribution in [0.1, 0.15) is 38.8 Å². The van der Waals surface area contributed by atoms with Crippen LogP contribution in [-0.4, -0.2) is 12.1 Å². The van der Waals surface area contributed by atoms with Gasteiger partial charge in [0, 0.05) is 12.2 Å². The zero-order valence-corrected chi connectivity index (χ0v) is 10.4. The molecule has 0 radical (unpaired) electrons. The Hall–Kier alpha value is -1.13. The first-order chi connectivity index (χ1) is 7.46. The first kappa shape index (κ1) is 12.9. The molecule has 0 aromatic carbocycles. The lowest BCUT2D eigenvalue weighted by Gasteiger charge is -2.25. The van der Waals surface area contributed by atoms with Crippen LogP contribution in [0.2, 0.25) is 0 Å². The summed E-state index contributed by atoms with van der Waals surface area (Å²) in [5.74, 6) is 6.34. The van der Waals surface area contributed by atoms with Crippen LogP contribution in [0.5, 0.6) is 5.75 Å². The Morgan fingerprint density at radius 3 is 2.62 bits per heavy atom. The minimum atomic E-state index is 0.0996. The molecule has 0 aliphatic carbocycles. The summed E-state index contributed by atoms with van der Waals surface area (Å²) in [6.07, 6.45) is 4.45. The van der Waals surface area contributed by atoms with E-state index in [9.17, 15) is 0 Å². The van der Waals surface area contributed by atoms with Crippen molar-refractivity contribution in [3.05, 3.63) is 24.0 Å². The van der Waals surface area contributed by atoms with Gasteiger partial charge < -0.3 is 4.74 Å². The second kappa shape index (κ2) is 5.27. The fraction of sp³-hybridized carbons (Fsp3) is 0.583. The van der Waals surface area contributed by atoms with Crippen molar-refractivity contribution in [2.75, 3.05) is 7.11 Å². The SMILES string of the molecule is COc1cncc(C(CC(C)(C)C)NN)c1. The highest BCUT2D eigenvalue weighted by molar-refractivity contribution is 5.25. The fourth-order valence-electron chi connectivity index (χ4n) is 1.62. The predicted molar refractivity (Wildman–Crippen MR) is 64.9 cm³/mol. The number of nitrogens with zero attached hydrogens (tertiary/aromatic N) is 1. The average Bonchev–Trinajstić information content (AvgIpc) is 2.25. The van der Waals surface area contributed by atoms with Gasteiger partial charge in [0.2, 0.25) is 0 Å². The number of rotatable bonds is 4. The van der Waals surface area contributed by atoms with E-state index in [0.717, 1.165) is 17.7 Å². The third kappa shape index (κ3) is 3.79. The van der Waals surface area contributed by atoms with Gasteiger partial charge in [-0.3, -0.25) is 16.3 Å². The number of methoxy groups -OCH3 is 1. The van der Waals surface area contributed by atoms with Crippen LogP contribution < -0.4 is 16.0 Å². The van der Waals surface area contributed by atoms with Gasteiger partial charge in [-0.25, -0.2) is 0 Å².